The number of benzene rings is 1. The van der Waals surface area contributed by atoms with E-state index in [1.54, 1.807) is 0 Å². The van der Waals surface area contributed by atoms with E-state index in [0.717, 1.165) is 25.0 Å². The number of halogens is 2. The molecule has 0 unspecified atom stereocenters. The second-order valence-electron chi connectivity index (χ2n) is 3.91. The lowest BCUT2D eigenvalue weighted by atomic mass is 9.86. The number of nitrogen functional groups attached to an aromatic ring is 1. The summed E-state index contributed by atoms with van der Waals surface area (Å²) in [5.41, 5.74) is 5.02. The fraction of sp³-hybridized carbons (Fsp3) is 0.455. The van der Waals surface area contributed by atoms with Gasteiger partial charge in [0.2, 0.25) is 0 Å². The number of rotatable bonds is 3. The molecule has 0 spiro atoms. The van der Waals surface area contributed by atoms with E-state index in [1.165, 1.54) is 6.42 Å². The number of hydrogen-bond acceptors (Lipinski definition) is 2. The minimum absolute atomic E-state index is 0.0476. The summed E-state index contributed by atoms with van der Waals surface area (Å²) in [6.45, 7) is 0.459. The molecule has 1 saturated carbocycles. The van der Waals surface area contributed by atoms with E-state index < -0.39 is 11.6 Å². The lowest BCUT2D eigenvalue weighted by Gasteiger charge is -2.25. The van der Waals surface area contributed by atoms with Crippen molar-refractivity contribution in [2.45, 2.75) is 19.3 Å². The zero-order valence-corrected chi connectivity index (χ0v) is 8.30. The zero-order valence-electron chi connectivity index (χ0n) is 8.30. The Morgan fingerprint density at radius 1 is 1.27 bits per heavy atom. The standard InChI is InChI=1S/C11H13F2NO/c12-8-5-11(9(13)4-10(8)14)15-6-7-2-1-3-7/h4-5,7H,1-3,6,14H2. The van der Waals surface area contributed by atoms with Crippen molar-refractivity contribution in [2.24, 2.45) is 5.92 Å². The van der Waals surface area contributed by atoms with Crippen molar-refractivity contribution in [1.82, 2.24) is 0 Å². The van der Waals surface area contributed by atoms with Crippen molar-refractivity contribution >= 4 is 5.69 Å². The highest BCUT2D eigenvalue weighted by Crippen LogP contribution is 2.29. The third kappa shape index (κ3) is 2.19. The van der Waals surface area contributed by atoms with Crippen LogP contribution in [0.1, 0.15) is 19.3 Å². The molecular weight excluding hydrogens is 200 g/mol. The van der Waals surface area contributed by atoms with Gasteiger partial charge in [-0.2, -0.15) is 0 Å². The summed E-state index contributed by atoms with van der Waals surface area (Å²) in [5, 5.41) is 0. The van der Waals surface area contributed by atoms with Crippen molar-refractivity contribution in [1.29, 1.82) is 0 Å². The van der Waals surface area contributed by atoms with Gasteiger partial charge in [-0.3, -0.25) is 0 Å². The van der Waals surface area contributed by atoms with Gasteiger partial charge in [0.15, 0.2) is 11.6 Å². The maximum Gasteiger partial charge on any atom is 0.167 e. The van der Waals surface area contributed by atoms with Crippen LogP contribution in [0.5, 0.6) is 5.75 Å². The molecule has 4 heteroatoms. The van der Waals surface area contributed by atoms with Crippen LogP contribution in [0, 0.1) is 17.6 Å². The van der Waals surface area contributed by atoms with Crippen LogP contribution in [-0.2, 0) is 0 Å². The molecule has 2 rings (SSSR count). The molecule has 1 aromatic rings. The van der Waals surface area contributed by atoms with Crippen LogP contribution in [0.2, 0.25) is 0 Å². The molecule has 2 nitrogen and oxygen atoms in total. The van der Waals surface area contributed by atoms with E-state index in [-0.39, 0.29) is 11.4 Å². The minimum Gasteiger partial charge on any atom is -0.490 e. The van der Waals surface area contributed by atoms with Crippen molar-refractivity contribution < 1.29 is 13.5 Å². The van der Waals surface area contributed by atoms with E-state index in [1.807, 2.05) is 0 Å². The lowest BCUT2D eigenvalue weighted by molar-refractivity contribution is 0.175. The Labute approximate surface area is 87.0 Å². The van der Waals surface area contributed by atoms with Gasteiger partial charge in [-0.15, -0.1) is 0 Å². The summed E-state index contributed by atoms with van der Waals surface area (Å²) in [4.78, 5) is 0. The largest absolute Gasteiger partial charge is 0.490 e. The SMILES string of the molecule is Nc1cc(F)c(OCC2CCC2)cc1F. The van der Waals surface area contributed by atoms with Crippen LogP contribution in [0.15, 0.2) is 12.1 Å². The van der Waals surface area contributed by atoms with Gasteiger partial charge in [-0.25, -0.2) is 8.78 Å². The van der Waals surface area contributed by atoms with Crippen molar-refractivity contribution in [2.75, 3.05) is 12.3 Å². The van der Waals surface area contributed by atoms with Crippen LogP contribution in [0.25, 0.3) is 0 Å². The third-order valence-electron chi connectivity index (χ3n) is 2.75. The first kappa shape index (κ1) is 10.2. The van der Waals surface area contributed by atoms with Gasteiger partial charge in [0, 0.05) is 12.1 Å². The summed E-state index contributed by atoms with van der Waals surface area (Å²) in [6, 6.07) is 1.95. The molecule has 0 amide bonds. The Morgan fingerprint density at radius 3 is 2.60 bits per heavy atom. The summed E-state index contributed by atoms with van der Waals surface area (Å²) >= 11 is 0. The maximum absolute atomic E-state index is 13.2. The number of hydrogen-bond donors (Lipinski definition) is 1. The Balaban J connectivity index is 2.03. The summed E-state index contributed by atoms with van der Waals surface area (Å²) < 4.78 is 31.4. The molecule has 15 heavy (non-hydrogen) atoms. The highest BCUT2D eigenvalue weighted by Gasteiger charge is 2.19. The van der Waals surface area contributed by atoms with Crippen molar-refractivity contribution in [3.8, 4) is 5.75 Å². The molecule has 1 aliphatic rings. The van der Waals surface area contributed by atoms with Gasteiger partial charge in [-0.1, -0.05) is 6.42 Å². The lowest BCUT2D eigenvalue weighted by Crippen LogP contribution is -2.19. The fourth-order valence-electron chi connectivity index (χ4n) is 1.52. The average Bonchev–Trinajstić information content (AvgIpc) is 2.11. The van der Waals surface area contributed by atoms with E-state index >= 15 is 0 Å². The topological polar surface area (TPSA) is 35.2 Å². The van der Waals surface area contributed by atoms with E-state index in [0.29, 0.717) is 12.5 Å². The minimum atomic E-state index is -0.639. The normalized spacial score (nSPS) is 16.1. The van der Waals surface area contributed by atoms with E-state index in [9.17, 15) is 8.78 Å². The van der Waals surface area contributed by atoms with Crippen molar-refractivity contribution in [3.05, 3.63) is 23.8 Å². The summed E-state index contributed by atoms with van der Waals surface area (Å²) in [7, 11) is 0. The van der Waals surface area contributed by atoms with Gasteiger partial charge in [0.05, 0.1) is 12.3 Å². The zero-order chi connectivity index (χ0) is 10.8. The molecule has 1 aromatic carbocycles. The predicted molar refractivity (Wildman–Crippen MR) is 53.6 cm³/mol. The Hall–Kier alpha value is -1.32. The van der Waals surface area contributed by atoms with Crippen LogP contribution in [-0.4, -0.2) is 6.61 Å². The molecule has 82 valence electrons. The molecule has 2 N–H and O–H groups in total. The molecule has 0 saturated heterocycles. The van der Waals surface area contributed by atoms with Gasteiger partial charge < -0.3 is 10.5 Å². The molecule has 1 aliphatic carbocycles. The molecule has 0 aromatic heterocycles. The highest BCUT2D eigenvalue weighted by atomic mass is 19.1. The van der Waals surface area contributed by atoms with E-state index in [4.69, 9.17) is 10.5 Å². The Kier molecular flexibility index (Phi) is 2.75. The predicted octanol–water partition coefficient (Wildman–Crippen LogP) is 2.73. The van der Waals surface area contributed by atoms with Gasteiger partial charge in [0.25, 0.3) is 0 Å². The van der Waals surface area contributed by atoms with Crippen LogP contribution >= 0.6 is 0 Å². The molecule has 0 atom stereocenters. The number of ether oxygens (including phenoxy) is 1. The second kappa shape index (κ2) is 4.04. The van der Waals surface area contributed by atoms with Gasteiger partial charge in [0.1, 0.15) is 5.82 Å². The Bertz CT molecular complexity index is 364. The quantitative estimate of drug-likeness (QED) is 0.783. The first-order valence-corrected chi connectivity index (χ1v) is 5.04. The number of nitrogens with two attached hydrogens (primary N) is 1. The molecule has 0 aliphatic heterocycles. The van der Waals surface area contributed by atoms with Gasteiger partial charge >= 0.3 is 0 Å². The number of anilines is 1. The molecule has 0 heterocycles. The average molecular weight is 213 g/mol. The maximum atomic E-state index is 13.2. The van der Waals surface area contributed by atoms with Crippen LogP contribution in [0.3, 0.4) is 0 Å². The summed E-state index contributed by atoms with van der Waals surface area (Å²) in [5.74, 6) is -0.799. The van der Waals surface area contributed by atoms with Crippen molar-refractivity contribution in [3.63, 3.8) is 0 Å². The fourth-order valence-corrected chi connectivity index (χ4v) is 1.52. The molecular formula is C11H13F2NO. The van der Waals surface area contributed by atoms with Crippen LogP contribution < -0.4 is 10.5 Å². The monoisotopic (exact) mass is 213 g/mol. The second-order valence-corrected chi connectivity index (χ2v) is 3.91. The molecule has 0 bridgehead atoms. The first-order valence-electron chi connectivity index (χ1n) is 5.04. The third-order valence-corrected chi connectivity index (χ3v) is 2.75. The summed E-state index contributed by atoms with van der Waals surface area (Å²) in [6.07, 6.45) is 3.42. The highest BCUT2D eigenvalue weighted by molar-refractivity contribution is 5.44. The van der Waals surface area contributed by atoms with Gasteiger partial charge in [-0.05, 0) is 18.8 Å². The van der Waals surface area contributed by atoms with Crippen LogP contribution in [0.4, 0.5) is 14.5 Å². The smallest absolute Gasteiger partial charge is 0.167 e. The van der Waals surface area contributed by atoms with E-state index in [2.05, 4.69) is 0 Å². The first-order chi connectivity index (χ1) is 7.16. The molecule has 0 radical (unpaired) electrons. The Morgan fingerprint density at radius 2 is 2.00 bits per heavy atom. The molecule has 1 fully saturated rings.